The van der Waals surface area contributed by atoms with Crippen LogP contribution < -0.4 is 10.1 Å². The van der Waals surface area contributed by atoms with Gasteiger partial charge < -0.3 is 10.1 Å². The van der Waals surface area contributed by atoms with Gasteiger partial charge in [0.1, 0.15) is 17.9 Å². The van der Waals surface area contributed by atoms with E-state index >= 15 is 0 Å². The molecule has 0 aliphatic rings. The Morgan fingerprint density at radius 2 is 1.80 bits per heavy atom. The second-order valence-corrected chi connectivity index (χ2v) is 8.36. The summed E-state index contributed by atoms with van der Waals surface area (Å²) < 4.78 is 9.16. The maximum Gasteiger partial charge on any atom is 0.266 e. The Bertz CT molecular complexity index is 1520. The van der Waals surface area contributed by atoms with Crippen molar-refractivity contribution in [3.8, 4) is 17.3 Å². The Kier molecular flexibility index (Phi) is 5.74. The third-order valence-corrected chi connectivity index (χ3v) is 5.86. The fraction of sp³-hybridized carbons (Fsp3) is 0.192. The number of nitrogens with zero attached hydrogens (tertiary/aromatic N) is 6. The van der Waals surface area contributed by atoms with E-state index in [9.17, 15) is 4.79 Å². The molecule has 9 nitrogen and oxygen atoms in total. The zero-order chi connectivity index (χ0) is 24.5. The highest BCUT2D eigenvalue weighted by molar-refractivity contribution is 5.94. The van der Waals surface area contributed by atoms with Crippen LogP contribution in [0.3, 0.4) is 0 Å². The van der Waals surface area contributed by atoms with Crippen molar-refractivity contribution in [2.45, 2.75) is 33.8 Å². The zero-order valence-electron chi connectivity index (χ0n) is 19.9. The van der Waals surface area contributed by atoms with Gasteiger partial charge in [0.25, 0.3) is 5.91 Å². The summed E-state index contributed by atoms with van der Waals surface area (Å²) in [6.45, 7) is 7.68. The number of benzene rings is 2. The summed E-state index contributed by atoms with van der Waals surface area (Å²) in [5.74, 6) is 1.32. The lowest BCUT2D eigenvalue weighted by atomic mass is 10.1. The van der Waals surface area contributed by atoms with Crippen LogP contribution in [0.1, 0.15) is 23.7 Å². The van der Waals surface area contributed by atoms with Crippen LogP contribution in [0.2, 0.25) is 0 Å². The van der Waals surface area contributed by atoms with E-state index < -0.39 is 6.10 Å². The number of carbonyl (C=O) groups is 1. The molecule has 0 unspecified atom stereocenters. The number of anilines is 1. The molecule has 0 fully saturated rings. The van der Waals surface area contributed by atoms with Gasteiger partial charge >= 0.3 is 0 Å². The maximum absolute atomic E-state index is 12.9. The number of nitrogens with one attached hydrogen (secondary N) is 1. The molecule has 3 heterocycles. The van der Waals surface area contributed by atoms with Crippen LogP contribution in [0.25, 0.3) is 22.5 Å². The van der Waals surface area contributed by atoms with E-state index in [2.05, 4.69) is 45.4 Å². The molecule has 0 spiro atoms. The Morgan fingerprint density at radius 1 is 1.00 bits per heavy atom. The van der Waals surface area contributed by atoms with Gasteiger partial charge in [-0.25, -0.2) is 14.6 Å². The van der Waals surface area contributed by atoms with Gasteiger partial charge in [0, 0.05) is 6.07 Å². The SMILES string of the molecule is Cc1cc(NC(=O)[C@H](C)Oc2ccccc2)n(-c2ncnc3c2cnn3-c2cccc(C)c2C)n1. The summed E-state index contributed by atoms with van der Waals surface area (Å²) in [6.07, 6.45) is 2.49. The van der Waals surface area contributed by atoms with Crippen LogP contribution in [-0.2, 0) is 4.79 Å². The van der Waals surface area contributed by atoms with Crippen molar-refractivity contribution in [2.24, 2.45) is 0 Å². The predicted molar refractivity (Wildman–Crippen MR) is 133 cm³/mol. The monoisotopic (exact) mass is 467 g/mol. The van der Waals surface area contributed by atoms with Gasteiger partial charge in [-0.1, -0.05) is 30.3 Å². The molecule has 5 rings (SSSR count). The first kappa shape index (κ1) is 22.3. The highest BCUT2D eigenvalue weighted by atomic mass is 16.5. The number of fused-ring (bicyclic) bond motifs is 1. The lowest BCUT2D eigenvalue weighted by Crippen LogP contribution is -2.31. The van der Waals surface area contributed by atoms with Gasteiger partial charge in [-0.3, -0.25) is 4.79 Å². The molecule has 5 aromatic rings. The highest BCUT2D eigenvalue weighted by Gasteiger charge is 2.21. The summed E-state index contributed by atoms with van der Waals surface area (Å²) in [7, 11) is 0. The number of aryl methyl sites for hydroxylation is 2. The summed E-state index contributed by atoms with van der Waals surface area (Å²) >= 11 is 0. The van der Waals surface area contributed by atoms with Crippen molar-refractivity contribution in [3.05, 3.63) is 83.9 Å². The molecule has 9 heteroatoms. The molecule has 0 saturated carbocycles. The molecule has 0 radical (unpaired) electrons. The number of aromatic nitrogens is 6. The molecule has 2 aromatic carbocycles. The van der Waals surface area contributed by atoms with Gasteiger partial charge in [0.05, 0.1) is 23.0 Å². The van der Waals surface area contributed by atoms with Crippen LogP contribution in [0.4, 0.5) is 5.82 Å². The second kappa shape index (κ2) is 9.02. The van der Waals surface area contributed by atoms with E-state index in [1.54, 1.807) is 28.6 Å². The van der Waals surface area contributed by atoms with Crippen molar-refractivity contribution in [1.82, 2.24) is 29.5 Å². The minimum atomic E-state index is -0.710. The van der Waals surface area contributed by atoms with Crippen molar-refractivity contribution in [1.29, 1.82) is 0 Å². The number of hydrogen-bond donors (Lipinski definition) is 1. The normalized spacial score (nSPS) is 12.0. The average molecular weight is 468 g/mol. The molecule has 1 atom stereocenters. The first-order valence-corrected chi connectivity index (χ1v) is 11.3. The van der Waals surface area contributed by atoms with Crippen molar-refractivity contribution in [2.75, 3.05) is 5.32 Å². The Balaban J connectivity index is 1.49. The topological polar surface area (TPSA) is 99.7 Å². The molecule has 35 heavy (non-hydrogen) atoms. The quantitative estimate of drug-likeness (QED) is 0.399. The van der Waals surface area contributed by atoms with Crippen LogP contribution in [-0.4, -0.2) is 41.5 Å². The first-order chi connectivity index (χ1) is 16.9. The van der Waals surface area contributed by atoms with Gasteiger partial charge in [0.15, 0.2) is 17.6 Å². The molecule has 0 aliphatic heterocycles. The summed E-state index contributed by atoms with van der Waals surface area (Å²) in [5.41, 5.74) is 4.61. The van der Waals surface area contributed by atoms with Gasteiger partial charge in [-0.15, -0.1) is 0 Å². The molecular formula is C26H25N7O2. The lowest BCUT2D eigenvalue weighted by molar-refractivity contribution is -0.122. The lowest BCUT2D eigenvalue weighted by Gasteiger charge is -2.15. The molecule has 0 saturated heterocycles. The highest BCUT2D eigenvalue weighted by Crippen LogP contribution is 2.26. The number of hydrogen-bond acceptors (Lipinski definition) is 6. The van der Waals surface area contributed by atoms with Gasteiger partial charge in [0.2, 0.25) is 0 Å². The molecule has 0 aliphatic carbocycles. The zero-order valence-corrected chi connectivity index (χ0v) is 19.9. The number of ether oxygens (including phenoxy) is 1. The molecule has 3 aromatic heterocycles. The van der Waals surface area contributed by atoms with Crippen LogP contribution in [0.5, 0.6) is 5.75 Å². The molecule has 1 amide bonds. The third-order valence-electron chi connectivity index (χ3n) is 5.86. The van der Waals surface area contributed by atoms with Gasteiger partial charge in [-0.05, 0) is 57.0 Å². The molecule has 1 N–H and O–H groups in total. The summed E-state index contributed by atoms with van der Waals surface area (Å²) in [4.78, 5) is 21.9. The van der Waals surface area contributed by atoms with E-state index in [-0.39, 0.29) is 5.91 Å². The van der Waals surface area contributed by atoms with E-state index in [0.29, 0.717) is 28.4 Å². The number of rotatable bonds is 6. The van der Waals surface area contributed by atoms with Gasteiger partial charge in [-0.2, -0.15) is 14.9 Å². The minimum Gasteiger partial charge on any atom is -0.481 e. The standard InChI is InChI=1S/C26H25N7O2/c1-16-9-8-12-22(18(16)3)32-24-21(14-29-32)25(28-15-27-24)33-23(13-17(2)31-33)30-26(34)19(4)35-20-10-6-5-7-11-20/h5-15,19H,1-4H3,(H,30,34)/t19-/m0/s1. The van der Waals surface area contributed by atoms with Crippen molar-refractivity contribution >= 4 is 22.8 Å². The average Bonchev–Trinajstić information content (AvgIpc) is 3.44. The first-order valence-electron chi connectivity index (χ1n) is 11.3. The molecule has 176 valence electrons. The Morgan fingerprint density at radius 3 is 2.60 bits per heavy atom. The summed E-state index contributed by atoms with van der Waals surface area (Å²) in [6, 6.07) is 17.1. The fourth-order valence-corrected chi connectivity index (χ4v) is 3.88. The number of carbonyl (C=O) groups excluding carboxylic acids is 1. The Labute approximate surface area is 202 Å². The number of para-hydroxylation sites is 1. The number of amides is 1. The van der Waals surface area contributed by atoms with Crippen LogP contribution >= 0.6 is 0 Å². The predicted octanol–water partition coefficient (Wildman–Crippen LogP) is 4.33. The minimum absolute atomic E-state index is 0.300. The van der Waals surface area contributed by atoms with E-state index in [0.717, 1.165) is 16.9 Å². The van der Waals surface area contributed by atoms with E-state index in [4.69, 9.17) is 4.74 Å². The summed E-state index contributed by atoms with van der Waals surface area (Å²) in [5, 5.41) is 12.8. The largest absolute Gasteiger partial charge is 0.481 e. The van der Waals surface area contributed by atoms with Crippen molar-refractivity contribution in [3.63, 3.8) is 0 Å². The Hall–Kier alpha value is -4.53. The van der Waals surface area contributed by atoms with Crippen molar-refractivity contribution < 1.29 is 9.53 Å². The second-order valence-electron chi connectivity index (χ2n) is 8.36. The fourth-order valence-electron chi connectivity index (χ4n) is 3.88. The van der Waals surface area contributed by atoms with Crippen LogP contribution in [0, 0.1) is 20.8 Å². The molecular weight excluding hydrogens is 442 g/mol. The maximum atomic E-state index is 12.9. The smallest absolute Gasteiger partial charge is 0.266 e. The third kappa shape index (κ3) is 4.23. The van der Waals surface area contributed by atoms with Crippen LogP contribution in [0.15, 0.2) is 67.1 Å². The van der Waals surface area contributed by atoms with E-state index in [1.165, 1.54) is 11.9 Å². The molecule has 0 bridgehead atoms. The van der Waals surface area contributed by atoms with E-state index in [1.807, 2.05) is 49.4 Å².